The highest BCUT2D eigenvalue weighted by atomic mass is 15.2. The summed E-state index contributed by atoms with van der Waals surface area (Å²) in [6.45, 7) is 0.627. The summed E-state index contributed by atoms with van der Waals surface area (Å²) in [5, 5.41) is 9.22. The Hall–Kier alpha value is -2.94. The molecule has 2 aromatic rings. The van der Waals surface area contributed by atoms with E-state index >= 15 is 0 Å². The van der Waals surface area contributed by atoms with Gasteiger partial charge in [-0.15, -0.1) is 0 Å². The number of aromatic nitrogens is 2. The standard InChI is InChI=1S/C18H22N6/c19-15-24(17-8-12-21-13-9-17)18(20)23-11-4-2-1-3-6-16-7-5-10-22-14-16/h5,7-10,12-14H,1-4,6,11H2,(H2,20,23). The summed E-state index contributed by atoms with van der Waals surface area (Å²) in [5.74, 6) is 0.221. The highest BCUT2D eigenvalue weighted by Crippen LogP contribution is 2.11. The summed E-state index contributed by atoms with van der Waals surface area (Å²) in [6.07, 6.45) is 14.4. The van der Waals surface area contributed by atoms with Gasteiger partial charge in [0, 0.05) is 31.3 Å². The van der Waals surface area contributed by atoms with Crippen molar-refractivity contribution in [2.45, 2.75) is 32.1 Å². The molecule has 2 rings (SSSR count). The Kier molecular flexibility index (Phi) is 7.22. The van der Waals surface area contributed by atoms with Crippen molar-refractivity contribution in [3.63, 3.8) is 0 Å². The lowest BCUT2D eigenvalue weighted by atomic mass is 10.1. The molecule has 0 aliphatic heterocycles. The number of nitrogens with zero attached hydrogens (tertiary/aromatic N) is 5. The van der Waals surface area contributed by atoms with Crippen LogP contribution < -0.4 is 10.6 Å². The summed E-state index contributed by atoms with van der Waals surface area (Å²) >= 11 is 0. The molecule has 0 aliphatic carbocycles. The molecule has 124 valence electrons. The Bertz CT molecular complexity index is 663. The normalized spacial score (nSPS) is 11.0. The van der Waals surface area contributed by atoms with Crippen LogP contribution in [-0.2, 0) is 6.42 Å². The van der Waals surface area contributed by atoms with Crippen LogP contribution in [0, 0.1) is 11.5 Å². The average molecular weight is 322 g/mol. The quantitative estimate of drug-likeness (QED) is 0.265. The van der Waals surface area contributed by atoms with Crippen LogP contribution in [0.2, 0.25) is 0 Å². The third-order valence-electron chi connectivity index (χ3n) is 3.62. The second-order valence-corrected chi connectivity index (χ2v) is 5.41. The highest BCUT2D eigenvalue weighted by molar-refractivity contribution is 5.97. The molecular formula is C18H22N6. The van der Waals surface area contributed by atoms with Crippen LogP contribution in [0.3, 0.4) is 0 Å². The zero-order valence-electron chi connectivity index (χ0n) is 13.7. The average Bonchev–Trinajstić information content (AvgIpc) is 2.63. The van der Waals surface area contributed by atoms with Gasteiger partial charge in [-0.3, -0.25) is 15.0 Å². The zero-order chi connectivity index (χ0) is 17.0. The van der Waals surface area contributed by atoms with Gasteiger partial charge in [0.1, 0.15) is 0 Å². The van der Waals surface area contributed by atoms with E-state index in [1.54, 1.807) is 30.7 Å². The minimum absolute atomic E-state index is 0.221. The van der Waals surface area contributed by atoms with E-state index in [9.17, 15) is 5.26 Å². The molecule has 0 radical (unpaired) electrons. The van der Waals surface area contributed by atoms with Gasteiger partial charge in [0.15, 0.2) is 6.19 Å². The molecule has 0 atom stereocenters. The first kappa shape index (κ1) is 17.4. The van der Waals surface area contributed by atoms with Crippen molar-refractivity contribution in [3.8, 4) is 6.19 Å². The molecule has 0 aromatic carbocycles. The molecule has 24 heavy (non-hydrogen) atoms. The number of hydrogen-bond donors (Lipinski definition) is 1. The maximum Gasteiger partial charge on any atom is 0.209 e. The van der Waals surface area contributed by atoms with E-state index in [1.807, 2.05) is 18.5 Å². The number of aliphatic imine (C=N–C) groups is 1. The van der Waals surface area contributed by atoms with Crippen LogP contribution in [0.1, 0.15) is 31.2 Å². The van der Waals surface area contributed by atoms with Crippen molar-refractivity contribution in [2.24, 2.45) is 10.7 Å². The number of nitrogens with two attached hydrogens (primary N) is 1. The van der Waals surface area contributed by atoms with Crippen LogP contribution in [0.15, 0.2) is 54.0 Å². The number of unbranched alkanes of at least 4 members (excludes halogenated alkanes) is 3. The highest BCUT2D eigenvalue weighted by Gasteiger charge is 2.08. The Morgan fingerprint density at radius 3 is 2.58 bits per heavy atom. The van der Waals surface area contributed by atoms with Crippen molar-refractivity contribution in [1.82, 2.24) is 9.97 Å². The summed E-state index contributed by atoms with van der Waals surface area (Å²) in [7, 11) is 0. The lowest BCUT2D eigenvalue weighted by Gasteiger charge is -2.13. The van der Waals surface area contributed by atoms with Crippen LogP contribution >= 0.6 is 0 Å². The monoisotopic (exact) mass is 322 g/mol. The molecule has 0 bridgehead atoms. The Balaban J connectivity index is 1.67. The van der Waals surface area contributed by atoms with E-state index in [1.165, 1.54) is 10.5 Å². The second kappa shape index (κ2) is 9.95. The van der Waals surface area contributed by atoms with Crippen LogP contribution in [0.4, 0.5) is 5.69 Å². The predicted molar refractivity (Wildman–Crippen MR) is 95.2 cm³/mol. The lowest BCUT2D eigenvalue weighted by Crippen LogP contribution is -2.33. The van der Waals surface area contributed by atoms with Gasteiger partial charge in [-0.2, -0.15) is 5.26 Å². The van der Waals surface area contributed by atoms with Crippen molar-refractivity contribution < 1.29 is 0 Å². The number of hydrogen-bond acceptors (Lipinski definition) is 4. The van der Waals surface area contributed by atoms with Gasteiger partial charge < -0.3 is 5.73 Å². The Morgan fingerprint density at radius 2 is 1.88 bits per heavy atom. The molecule has 6 nitrogen and oxygen atoms in total. The fourth-order valence-corrected chi connectivity index (χ4v) is 2.34. The summed E-state index contributed by atoms with van der Waals surface area (Å²) in [6, 6.07) is 7.53. The molecule has 0 amide bonds. The van der Waals surface area contributed by atoms with Gasteiger partial charge >= 0.3 is 0 Å². The van der Waals surface area contributed by atoms with E-state index in [-0.39, 0.29) is 5.96 Å². The van der Waals surface area contributed by atoms with E-state index in [0.717, 1.165) is 32.1 Å². The number of pyridine rings is 2. The maximum absolute atomic E-state index is 9.22. The maximum atomic E-state index is 9.22. The van der Waals surface area contributed by atoms with Crippen LogP contribution in [0.5, 0.6) is 0 Å². The van der Waals surface area contributed by atoms with E-state index in [0.29, 0.717) is 12.2 Å². The molecule has 0 spiro atoms. The van der Waals surface area contributed by atoms with E-state index in [2.05, 4.69) is 21.0 Å². The van der Waals surface area contributed by atoms with Gasteiger partial charge in [0.2, 0.25) is 5.96 Å². The van der Waals surface area contributed by atoms with Crippen molar-refractivity contribution >= 4 is 11.6 Å². The number of guanidine groups is 1. The topological polar surface area (TPSA) is 91.2 Å². The minimum atomic E-state index is 0.221. The van der Waals surface area contributed by atoms with Gasteiger partial charge in [0.25, 0.3) is 0 Å². The first-order valence-corrected chi connectivity index (χ1v) is 8.10. The first-order chi connectivity index (χ1) is 11.8. The third-order valence-corrected chi connectivity index (χ3v) is 3.62. The Morgan fingerprint density at radius 1 is 1.08 bits per heavy atom. The molecule has 2 N–H and O–H groups in total. The fraction of sp³-hybridized carbons (Fsp3) is 0.333. The third kappa shape index (κ3) is 5.69. The predicted octanol–water partition coefficient (Wildman–Crippen LogP) is 2.88. The van der Waals surface area contributed by atoms with Gasteiger partial charge in [-0.05, 0) is 43.0 Å². The van der Waals surface area contributed by atoms with Gasteiger partial charge in [0.05, 0.1) is 5.69 Å². The molecule has 0 unspecified atom stereocenters. The fourth-order valence-electron chi connectivity index (χ4n) is 2.34. The molecule has 2 heterocycles. The molecule has 0 saturated heterocycles. The lowest BCUT2D eigenvalue weighted by molar-refractivity contribution is 0.646. The molecule has 6 heteroatoms. The summed E-state index contributed by atoms with van der Waals surface area (Å²) in [4.78, 5) is 13.6. The van der Waals surface area contributed by atoms with E-state index in [4.69, 9.17) is 5.73 Å². The number of aryl methyl sites for hydroxylation is 1. The largest absolute Gasteiger partial charge is 0.369 e. The van der Waals surface area contributed by atoms with Crippen molar-refractivity contribution in [2.75, 3.05) is 11.4 Å². The van der Waals surface area contributed by atoms with Crippen LogP contribution in [-0.4, -0.2) is 22.5 Å². The summed E-state index contributed by atoms with van der Waals surface area (Å²) < 4.78 is 0. The molecule has 2 aromatic heterocycles. The SMILES string of the molecule is N#CN(C(N)=NCCCCCCc1cccnc1)c1ccncc1. The first-order valence-electron chi connectivity index (χ1n) is 8.10. The van der Waals surface area contributed by atoms with Crippen molar-refractivity contribution in [1.29, 1.82) is 5.26 Å². The second-order valence-electron chi connectivity index (χ2n) is 5.41. The molecule has 0 aliphatic rings. The molecule has 0 fully saturated rings. The number of nitriles is 1. The minimum Gasteiger partial charge on any atom is -0.369 e. The van der Waals surface area contributed by atoms with Crippen molar-refractivity contribution in [3.05, 3.63) is 54.6 Å². The molecule has 0 saturated carbocycles. The van der Waals surface area contributed by atoms with Gasteiger partial charge in [-0.25, -0.2) is 4.90 Å². The zero-order valence-corrected chi connectivity index (χ0v) is 13.7. The Labute approximate surface area is 142 Å². The number of rotatable bonds is 8. The number of anilines is 1. The van der Waals surface area contributed by atoms with E-state index < -0.39 is 0 Å². The molecular weight excluding hydrogens is 300 g/mol. The van der Waals surface area contributed by atoms with Gasteiger partial charge in [-0.1, -0.05) is 18.9 Å². The summed E-state index contributed by atoms with van der Waals surface area (Å²) in [5.41, 5.74) is 7.85. The smallest absolute Gasteiger partial charge is 0.209 e. The van der Waals surface area contributed by atoms with Crippen LogP contribution in [0.25, 0.3) is 0 Å².